The third-order valence-corrected chi connectivity index (χ3v) is 4.32. The normalized spacial score (nSPS) is 15.6. The van der Waals surface area contributed by atoms with Crippen molar-refractivity contribution in [1.82, 2.24) is 16.0 Å². The van der Waals surface area contributed by atoms with Crippen LogP contribution in [0.5, 0.6) is 0 Å². The topological polar surface area (TPSA) is 237 Å². The summed E-state index contributed by atoms with van der Waals surface area (Å²) in [6, 6.07) is -5.16. The number of primary amides is 2. The molecule has 0 unspecified atom stereocenters. The Labute approximate surface area is 173 Å². The standard InChI is InChI=1S/C17H30N6O7/c1-4-7(2)13(16(28)21-8(3)17(29)30)23-15(27)10(6-12(20)25)22-14(26)9(18)5-11(19)24/h7-10,13H,4-6,18H2,1-3H3,(H2,19,24)(H2,20,25)(H,21,28)(H,22,26)(H,23,27)(H,29,30)/t7-,8-,9-,10-,13-/m0/s1. The van der Waals surface area contributed by atoms with Crippen LogP contribution in [0.1, 0.15) is 40.0 Å². The maximum atomic E-state index is 12.7. The highest BCUT2D eigenvalue weighted by Crippen LogP contribution is 2.09. The molecule has 170 valence electrons. The number of aliphatic carboxylic acids is 1. The molecule has 0 aliphatic heterocycles. The van der Waals surface area contributed by atoms with Crippen LogP contribution >= 0.6 is 0 Å². The Hall–Kier alpha value is -3.22. The minimum atomic E-state index is -1.47. The van der Waals surface area contributed by atoms with Gasteiger partial charge in [-0.25, -0.2) is 0 Å². The Morgan fingerprint density at radius 2 is 1.37 bits per heavy atom. The fraction of sp³-hybridized carbons (Fsp3) is 0.647. The van der Waals surface area contributed by atoms with E-state index in [0.29, 0.717) is 6.42 Å². The van der Waals surface area contributed by atoms with Crippen molar-refractivity contribution in [2.45, 2.75) is 64.2 Å². The molecular weight excluding hydrogens is 400 g/mol. The number of nitrogens with one attached hydrogen (secondary N) is 3. The molecule has 0 aliphatic rings. The lowest BCUT2D eigenvalue weighted by atomic mass is 9.97. The molecule has 13 heteroatoms. The zero-order valence-corrected chi connectivity index (χ0v) is 17.1. The lowest BCUT2D eigenvalue weighted by molar-refractivity contribution is -0.142. The van der Waals surface area contributed by atoms with Crippen LogP contribution in [-0.2, 0) is 28.8 Å². The molecule has 0 heterocycles. The first-order chi connectivity index (χ1) is 13.8. The first-order valence-corrected chi connectivity index (χ1v) is 9.26. The van der Waals surface area contributed by atoms with Crippen LogP contribution in [0.3, 0.4) is 0 Å². The average molecular weight is 430 g/mol. The fourth-order valence-corrected chi connectivity index (χ4v) is 2.32. The van der Waals surface area contributed by atoms with Gasteiger partial charge in [-0.15, -0.1) is 0 Å². The highest BCUT2D eigenvalue weighted by Gasteiger charge is 2.32. The monoisotopic (exact) mass is 430 g/mol. The molecule has 5 amide bonds. The smallest absolute Gasteiger partial charge is 0.325 e. The second-order valence-corrected chi connectivity index (χ2v) is 6.95. The van der Waals surface area contributed by atoms with Gasteiger partial charge in [-0.1, -0.05) is 20.3 Å². The van der Waals surface area contributed by atoms with E-state index in [1.807, 2.05) is 0 Å². The number of carbonyl (C=O) groups is 6. The predicted molar refractivity (Wildman–Crippen MR) is 104 cm³/mol. The van der Waals surface area contributed by atoms with Gasteiger partial charge in [0.15, 0.2) is 0 Å². The Morgan fingerprint density at radius 1 is 0.833 bits per heavy atom. The Morgan fingerprint density at radius 3 is 1.80 bits per heavy atom. The molecule has 5 atom stereocenters. The Bertz CT molecular complexity index is 684. The Kier molecular flexibility index (Phi) is 11.0. The Balaban J connectivity index is 5.44. The molecule has 30 heavy (non-hydrogen) atoms. The highest BCUT2D eigenvalue weighted by molar-refractivity contribution is 5.96. The zero-order chi connectivity index (χ0) is 23.6. The van der Waals surface area contributed by atoms with E-state index in [9.17, 15) is 28.8 Å². The van der Waals surface area contributed by atoms with Crippen LogP contribution < -0.4 is 33.2 Å². The molecule has 0 saturated carbocycles. The van der Waals surface area contributed by atoms with Gasteiger partial charge in [0.2, 0.25) is 29.5 Å². The first kappa shape index (κ1) is 26.8. The van der Waals surface area contributed by atoms with Crippen LogP contribution in [0, 0.1) is 5.92 Å². The molecule has 0 aromatic heterocycles. The first-order valence-electron chi connectivity index (χ1n) is 9.26. The third kappa shape index (κ3) is 9.32. The summed E-state index contributed by atoms with van der Waals surface area (Å²) in [5, 5.41) is 15.8. The highest BCUT2D eigenvalue weighted by atomic mass is 16.4. The molecule has 0 aromatic carbocycles. The summed E-state index contributed by atoms with van der Waals surface area (Å²) in [5.74, 6) is -5.99. The molecular formula is C17H30N6O7. The molecule has 0 bridgehead atoms. The van der Waals surface area contributed by atoms with Crippen LogP contribution in [0.2, 0.25) is 0 Å². The van der Waals surface area contributed by atoms with Crippen molar-refractivity contribution in [2.75, 3.05) is 0 Å². The summed E-state index contributed by atoms with van der Waals surface area (Å²) in [6.07, 6.45) is -0.626. The molecule has 10 N–H and O–H groups in total. The molecule has 0 fully saturated rings. The summed E-state index contributed by atoms with van der Waals surface area (Å²) in [4.78, 5) is 70.4. The quantitative estimate of drug-likeness (QED) is 0.155. The van der Waals surface area contributed by atoms with Crippen LogP contribution in [0.25, 0.3) is 0 Å². The molecule has 0 rings (SSSR count). The average Bonchev–Trinajstić information content (AvgIpc) is 2.63. The second-order valence-electron chi connectivity index (χ2n) is 6.95. The number of hydrogen-bond donors (Lipinski definition) is 7. The number of carboxylic acids is 1. The number of carboxylic acid groups (broad SMARTS) is 1. The predicted octanol–water partition coefficient (Wildman–Crippen LogP) is -3.33. The van der Waals surface area contributed by atoms with Gasteiger partial charge in [-0.05, 0) is 12.8 Å². The van der Waals surface area contributed by atoms with Gasteiger partial charge in [0.25, 0.3) is 0 Å². The molecule has 13 nitrogen and oxygen atoms in total. The summed E-state index contributed by atoms with van der Waals surface area (Å²) in [5.41, 5.74) is 15.6. The summed E-state index contributed by atoms with van der Waals surface area (Å²) >= 11 is 0. The van der Waals surface area contributed by atoms with E-state index in [0.717, 1.165) is 0 Å². The van der Waals surface area contributed by atoms with E-state index in [-0.39, 0.29) is 0 Å². The van der Waals surface area contributed by atoms with E-state index < -0.39 is 78.4 Å². The van der Waals surface area contributed by atoms with Crippen molar-refractivity contribution in [3.8, 4) is 0 Å². The number of rotatable bonds is 13. The van der Waals surface area contributed by atoms with Gasteiger partial charge in [0.05, 0.1) is 18.9 Å². The largest absolute Gasteiger partial charge is 0.480 e. The number of carbonyl (C=O) groups excluding carboxylic acids is 5. The van der Waals surface area contributed by atoms with Crippen molar-refractivity contribution < 1.29 is 33.9 Å². The second kappa shape index (κ2) is 12.4. The SMILES string of the molecule is CC[C@H](C)[C@H](NC(=O)[C@H](CC(N)=O)NC(=O)[C@@H](N)CC(N)=O)C(=O)N[C@@H](C)C(=O)O. The number of nitrogens with two attached hydrogens (primary N) is 3. The maximum Gasteiger partial charge on any atom is 0.325 e. The number of amides is 5. The zero-order valence-electron chi connectivity index (χ0n) is 17.1. The minimum absolute atomic E-state index is 0.406. The lowest BCUT2D eigenvalue weighted by Gasteiger charge is -2.27. The summed E-state index contributed by atoms with van der Waals surface area (Å²) < 4.78 is 0. The summed E-state index contributed by atoms with van der Waals surface area (Å²) in [7, 11) is 0. The van der Waals surface area contributed by atoms with Crippen molar-refractivity contribution >= 4 is 35.5 Å². The van der Waals surface area contributed by atoms with Crippen LogP contribution in [-0.4, -0.2) is 64.8 Å². The molecule has 0 saturated heterocycles. The van der Waals surface area contributed by atoms with Gasteiger partial charge in [0.1, 0.15) is 18.1 Å². The van der Waals surface area contributed by atoms with Crippen LogP contribution in [0.4, 0.5) is 0 Å². The van der Waals surface area contributed by atoms with Crippen molar-refractivity contribution in [2.24, 2.45) is 23.1 Å². The lowest BCUT2D eigenvalue weighted by Crippen LogP contribution is -2.59. The molecule has 0 spiro atoms. The van der Waals surface area contributed by atoms with Gasteiger partial charge in [-0.2, -0.15) is 0 Å². The third-order valence-electron chi connectivity index (χ3n) is 4.32. The van der Waals surface area contributed by atoms with Crippen LogP contribution in [0.15, 0.2) is 0 Å². The summed E-state index contributed by atoms with van der Waals surface area (Å²) in [6.45, 7) is 4.66. The fourth-order valence-electron chi connectivity index (χ4n) is 2.32. The van der Waals surface area contributed by atoms with Crippen molar-refractivity contribution in [3.63, 3.8) is 0 Å². The maximum absolute atomic E-state index is 12.7. The molecule has 0 aliphatic carbocycles. The molecule has 0 radical (unpaired) electrons. The van der Waals surface area contributed by atoms with Gasteiger partial charge >= 0.3 is 5.97 Å². The van der Waals surface area contributed by atoms with E-state index in [1.165, 1.54) is 6.92 Å². The minimum Gasteiger partial charge on any atom is -0.480 e. The molecule has 0 aromatic rings. The van der Waals surface area contributed by atoms with Gasteiger partial charge < -0.3 is 38.3 Å². The van der Waals surface area contributed by atoms with Gasteiger partial charge in [0, 0.05) is 0 Å². The van der Waals surface area contributed by atoms with Crippen molar-refractivity contribution in [3.05, 3.63) is 0 Å². The number of hydrogen-bond acceptors (Lipinski definition) is 7. The van der Waals surface area contributed by atoms with Crippen molar-refractivity contribution in [1.29, 1.82) is 0 Å². The van der Waals surface area contributed by atoms with E-state index in [1.54, 1.807) is 13.8 Å². The van der Waals surface area contributed by atoms with E-state index in [2.05, 4.69) is 16.0 Å². The van der Waals surface area contributed by atoms with Gasteiger partial charge in [-0.3, -0.25) is 28.8 Å². The van der Waals surface area contributed by atoms with E-state index >= 15 is 0 Å². The van der Waals surface area contributed by atoms with E-state index in [4.69, 9.17) is 22.3 Å².